The van der Waals surface area contributed by atoms with Gasteiger partial charge in [-0.05, 0) is 49.9 Å². The zero-order valence-electron chi connectivity index (χ0n) is 17.1. The van der Waals surface area contributed by atoms with E-state index in [1.165, 1.54) is 16.1 Å². The molecule has 0 saturated carbocycles. The summed E-state index contributed by atoms with van der Waals surface area (Å²) in [7, 11) is -3.40. The maximum Gasteiger partial charge on any atom is 0.232 e. The predicted molar refractivity (Wildman–Crippen MR) is 115 cm³/mol. The molecular weight excluding hydrogens is 372 g/mol. The number of nitrogens with one attached hydrogen (secondary N) is 1. The van der Waals surface area contributed by atoms with Gasteiger partial charge in [0.2, 0.25) is 15.9 Å². The van der Waals surface area contributed by atoms with E-state index in [4.69, 9.17) is 0 Å². The maximum absolute atomic E-state index is 12.3. The van der Waals surface area contributed by atoms with Crippen molar-refractivity contribution in [2.45, 2.75) is 46.1 Å². The molecule has 2 aromatic rings. The van der Waals surface area contributed by atoms with Crippen LogP contribution >= 0.6 is 0 Å². The van der Waals surface area contributed by atoms with Crippen molar-refractivity contribution >= 4 is 21.6 Å². The van der Waals surface area contributed by atoms with Crippen molar-refractivity contribution in [1.29, 1.82) is 0 Å². The van der Waals surface area contributed by atoms with Gasteiger partial charge in [-0.1, -0.05) is 48.9 Å². The SMILES string of the molecule is CCc1ccc(C(C)NC(=O)CCCN(c2ccc(C)cc2)S(C)(=O)=O)cc1. The van der Waals surface area contributed by atoms with E-state index in [9.17, 15) is 13.2 Å². The van der Waals surface area contributed by atoms with Gasteiger partial charge in [0, 0.05) is 13.0 Å². The molecule has 0 aliphatic carbocycles. The Morgan fingerprint density at radius 2 is 1.68 bits per heavy atom. The van der Waals surface area contributed by atoms with Gasteiger partial charge in [-0.2, -0.15) is 0 Å². The highest BCUT2D eigenvalue weighted by atomic mass is 32.2. The number of hydrogen-bond acceptors (Lipinski definition) is 3. The van der Waals surface area contributed by atoms with Gasteiger partial charge in [-0.3, -0.25) is 9.10 Å². The summed E-state index contributed by atoms with van der Waals surface area (Å²) >= 11 is 0. The van der Waals surface area contributed by atoms with Crippen LogP contribution in [0.15, 0.2) is 48.5 Å². The number of benzene rings is 2. The van der Waals surface area contributed by atoms with Crippen LogP contribution in [0.1, 0.15) is 49.4 Å². The Bertz CT molecular complexity index is 875. The van der Waals surface area contributed by atoms with E-state index in [2.05, 4.69) is 24.4 Å². The third kappa shape index (κ3) is 6.37. The Labute approximate surface area is 168 Å². The van der Waals surface area contributed by atoms with Crippen molar-refractivity contribution in [2.75, 3.05) is 17.1 Å². The topological polar surface area (TPSA) is 66.5 Å². The first-order valence-corrected chi connectivity index (χ1v) is 11.5. The van der Waals surface area contributed by atoms with Crippen molar-refractivity contribution in [3.05, 3.63) is 65.2 Å². The molecule has 0 saturated heterocycles. The first-order valence-electron chi connectivity index (χ1n) is 9.63. The molecule has 0 aliphatic rings. The zero-order valence-corrected chi connectivity index (χ0v) is 17.9. The van der Waals surface area contributed by atoms with Crippen LogP contribution in [0.3, 0.4) is 0 Å². The quantitative estimate of drug-likeness (QED) is 0.690. The number of rotatable bonds is 9. The third-order valence-corrected chi connectivity index (χ3v) is 5.95. The molecule has 152 valence electrons. The Hall–Kier alpha value is -2.34. The fourth-order valence-corrected chi connectivity index (χ4v) is 3.99. The van der Waals surface area contributed by atoms with E-state index < -0.39 is 10.0 Å². The third-order valence-electron chi connectivity index (χ3n) is 4.75. The summed E-state index contributed by atoms with van der Waals surface area (Å²) in [6.07, 6.45) is 2.90. The van der Waals surface area contributed by atoms with Crippen molar-refractivity contribution < 1.29 is 13.2 Å². The van der Waals surface area contributed by atoms with E-state index in [1.54, 1.807) is 12.1 Å². The second-order valence-corrected chi connectivity index (χ2v) is 9.07. The molecule has 0 fully saturated rings. The van der Waals surface area contributed by atoms with Crippen LogP contribution < -0.4 is 9.62 Å². The molecule has 0 radical (unpaired) electrons. The zero-order chi connectivity index (χ0) is 20.7. The summed E-state index contributed by atoms with van der Waals surface area (Å²) in [5.41, 5.74) is 4.01. The largest absolute Gasteiger partial charge is 0.350 e. The lowest BCUT2D eigenvalue weighted by Gasteiger charge is -2.22. The smallest absolute Gasteiger partial charge is 0.232 e. The summed E-state index contributed by atoms with van der Waals surface area (Å²) in [5, 5.41) is 2.99. The molecule has 1 N–H and O–H groups in total. The van der Waals surface area contributed by atoms with Crippen LogP contribution in [0.5, 0.6) is 0 Å². The number of amides is 1. The number of aryl methyl sites for hydroxylation is 2. The monoisotopic (exact) mass is 402 g/mol. The molecule has 1 atom stereocenters. The predicted octanol–water partition coefficient (Wildman–Crippen LogP) is 3.98. The van der Waals surface area contributed by atoms with Crippen LogP contribution in [0, 0.1) is 6.92 Å². The molecule has 0 aliphatic heterocycles. The summed E-state index contributed by atoms with van der Waals surface area (Å²) < 4.78 is 25.6. The van der Waals surface area contributed by atoms with Gasteiger partial charge in [0.25, 0.3) is 0 Å². The second kappa shape index (κ2) is 9.73. The molecule has 5 nitrogen and oxygen atoms in total. The fraction of sp³-hybridized carbons (Fsp3) is 0.409. The number of hydrogen-bond donors (Lipinski definition) is 1. The highest BCUT2D eigenvalue weighted by Gasteiger charge is 2.18. The van der Waals surface area contributed by atoms with Crippen LogP contribution in [0.25, 0.3) is 0 Å². The standard InChI is InChI=1S/C22H30N2O3S/c1-5-19-10-12-20(13-11-19)18(3)23-22(25)7-6-16-24(28(4,26)27)21-14-8-17(2)9-15-21/h8-15,18H,5-7,16H2,1-4H3,(H,23,25). The Kier molecular flexibility index (Phi) is 7.63. The normalized spacial score (nSPS) is 12.4. The molecule has 1 unspecified atom stereocenters. The van der Waals surface area contributed by atoms with Gasteiger partial charge in [0.1, 0.15) is 0 Å². The molecule has 1 amide bonds. The summed E-state index contributed by atoms with van der Waals surface area (Å²) in [6.45, 7) is 6.29. The highest BCUT2D eigenvalue weighted by Crippen LogP contribution is 2.19. The second-order valence-electron chi connectivity index (χ2n) is 7.16. The van der Waals surface area contributed by atoms with Crippen LogP contribution in [-0.4, -0.2) is 27.1 Å². The van der Waals surface area contributed by atoms with E-state index in [1.807, 2.05) is 38.1 Å². The molecule has 6 heteroatoms. The average Bonchev–Trinajstić information content (AvgIpc) is 2.65. The summed E-state index contributed by atoms with van der Waals surface area (Å²) in [4.78, 5) is 12.3. The minimum atomic E-state index is -3.40. The van der Waals surface area contributed by atoms with Crippen molar-refractivity contribution in [1.82, 2.24) is 5.32 Å². The molecule has 2 aromatic carbocycles. The van der Waals surface area contributed by atoms with E-state index in [0.717, 1.165) is 17.5 Å². The molecule has 0 spiro atoms. The van der Waals surface area contributed by atoms with Crippen LogP contribution in [0.4, 0.5) is 5.69 Å². The molecule has 28 heavy (non-hydrogen) atoms. The average molecular weight is 403 g/mol. The van der Waals surface area contributed by atoms with Gasteiger partial charge >= 0.3 is 0 Å². The van der Waals surface area contributed by atoms with Gasteiger partial charge < -0.3 is 5.32 Å². The molecule has 2 rings (SSSR count). The number of carbonyl (C=O) groups excluding carboxylic acids is 1. The Morgan fingerprint density at radius 3 is 2.21 bits per heavy atom. The van der Waals surface area contributed by atoms with Gasteiger partial charge in [-0.25, -0.2) is 8.42 Å². The number of anilines is 1. The first kappa shape index (κ1) is 22.0. The molecular formula is C22H30N2O3S. The molecule has 0 aromatic heterocycles. The summed E-state index contributed by atoms with van der Waals surface area (Å²) in [5.74, 6) is -0.0792. The number of nitrogens with zero attached hydrogens (tertiary/aromatic N) is 1. The van der Waals surface area contributed by atoms with Crippen molar-refractivity contribution in [3.63, 3.8) is 0 Å². The Morgan fingerprint density at radius 1 is 1.07 bits per heavy atom. The van der Waals surface area contributed by atoms with Crippen LogP contribution in [-0.2, 0) is 21.2 Å². The number of carbonyl (C=O) groups is 1. The molecule has 0 bridgehead atoms. The summed E-state index contributed by atoms with van der Waals surface area (Å²) in [6, 6.07) is 15.5. The fourth-order valence-electron chi connectivity index (χ4n) is 3.02. The van der Waals surface area contributed by atoms with Crippen molar-refractivity contribution in [2.24, 2.45) is 0 Å². The van der Waals surface area contributed by atoms with Gasteiger partial charge in [0.05, 0.1) is 18.0 Å². The lowest BCUT2D eigenvalue weighted by atomic mass is 10.0. The highest BCUT2D eigenvalue weighted by molar-refractivity contribution is 7.92. The van der Waals surface area contributed by atoms with E-state index >= 15 is 0 Å². The molecule has 0 heterocycles. The maximum atomic E-state index is 12.3. The van der Waals surface area contributed by atoms with Crippen molar-refractivity contribution in [3.8, 4) is 0 Å². The Balaban J connectivity index is 1.90. The van der Waals surface area contributed by atoms with E-state index in [-0.39, 0.29) is 24.9 Å². The van der Waals surface area contributed by atoms with E-state index in [0.29, 0.717) is 12.1 Å². The minimum absolute atomic E-state index is 0.0792. The lowest BCUT2D eigenvalue weighted by Crippen LogP contribution is -2.32. The minimum Gasteiger partial charge on any atom is -0.350 e. The van der Waals surface area contributed by atoms with Gasteiger partial charge in [-0.15, -0.1) is 0 Å². The van der Waals surface area contributed by atoms with Gasteiger partial charge in [0.15, 0.2) is 0 Å². The first-order chi connectivity index (χ1) is 13.2. The lowest BCUT2D eigenvalue weighted by molar-refractivity contribution is -0.121. The van der Waals surface area contributed by atoms with Crippen LogP contribution in [0.2, 0.25) is 0 Å². The number of sulfonamides is 1.